The van der Waals surface area contributed by atoms with Gasteiger partial charge in [-0.25, -0.2) is 27.9 Å². The van der Waals surface area contributed by atoms with Gasteiger partial charge in [-0.2, -0.15) is 0 Å². The first-order valence-corrected chi connectivity index (χ1v) is 11.7. The molecule has 1 fully saturated rings. The average molecular weight is 495 g/mol. The van der Waals surface area contributed by atoms with Gasteiger partial charge in [0, 0.05) is 42.9 Å². The molecule has 11 heteroatoms. The van der Waals surface area contributed by atoms with Crippen LogP contribution in [-0.2, 0) is 10.3 Å². The number of alkyl halides is 2. The zero-order valence-corrected chi connectivity index (χ0v) is 19.3. The van der Waals surface area contributed by atoms with Gasteiger partial charge in [-0.05, 0) is 37.5 Å². The number of aliphatic carboxylic acids is 1. The van der Waals surface area contributed by atoms with Gasteiger partial charge in [-0.1, -0.05) is 12.1 Å². The lowest BCUT2D eigenvalue weighted by Crippen LogP contribution is -2.45. The quantitative estimate of drug-likeness (QED) is 0.521. The fraction of sp³-hybridized carbons (Fsp3) is 0.435. The van der Waals surface area contributed by atoms with Crippen molar-refractivity contribution in [3.8, 4) is 0 Å². The molecule has 7 nitrogen and oxygen atoms in total. The highest BCUT2D eigenvalue weighted by atomic mass is 32.1. The van der Waals surface area contributed by atoms with E-state index in [2.05, 4.69) is 15.3 Å². The summed E-state index contributed by atoms with van der Waals surface area (Å²) in [6.07, 6.45) is 1.96. The number of likely N-dealkylation sites (tertiary alicyclic amines) is 1. The van der Waals surface area contributed by atoms with Gasteiger partial charge < -0.3 is 15.5 Å². The molecule has 0 saturated carbocycles. The van der Waals surface area contributed by atoms with Crippen molar-refractivity contribution < 1.29 is 28.2 Å². The van der Waals surface area contributed by atoms with Crippen LogP contribution < -0.4 is 5.32 Å². The van der Waals surface area contributed by atoms with Gasteiger partial charge in [0.1, 0.15) is 11.4 Å². The third-order valence-electron chi connectivity index (χ3n) is 6.19. The van der Waals surface area contributed by atoms with Crippen LogP contribution in [0.25, 0.3) is 0 Å². The minimum Gasteiger partial charge on any atom is -0.478 e. The Bertz CT molecular complexity index is 1110. The number of halogens is 3. The van der Waals surface area contributed by atoms with E-state index in [9.17, 15) is 28.2 Å². The molecule has 3 N–H and O–H groups in total. The average Bonchev–Trinajstić information content (AvgIpc) is 3.39. The first-order chi connectivity index (χ1) is 16.1. The number of thiazole rings is 1. The Labute approximate surface area is 198 Å². The number of benzene rings is 1. The number of rotatable bonds is 8. The Morgan fingerprint density at radius 3 is 2.68 bits per heavy atom. The molecule has 34 heavy (non-hydrogen) atoms. The maximum absolute atomic E-state index is 14.3. The van der Waals surface area contributed by atoms with Gasteiger partial charge in [0.05, 0.1) is 12.1 Å². The highest BCUT2D eigenvalue weighted by Crippen LogP contribution is 2.40. The summed E-state index contributed by atoms with van der Waals surface area (Å²) in [5, 5.41) is 24.7. The zero-order chi connectivity index (χ0) is 24.5. The van der Waals surface area contributed by atoms with Gasteiger partial charge in [0.15, 0.2) is 10.8 Å². The summed E-state index contributed by atoms with van der Waals surface area (Å²) in [5.74, 6) is -4.32. The highest BCUT2D eigenvalue weighted by Gasteiger charge is 2.47. The number of hydrogen-bond donors (Lipinski definition) is 3. The molecule has 3 heterocycles. The van der Waals surface area contributed by atoms with Crippen molar-refractivity contribution in [2.45, 2.75) is 43.7 Å². The summed E-state index contributed by atoms with van der Waals surface area (Å²) >= 11 is 1.30. The predicted molar refractivity (Wildman–Crippen MR) is 121 cm³/mol. The number of carboxylic acids is 1. The number of aliphatic imine (C=N–C) groups is 1. The molecule has 1 saturated heterocycles. The summed E-state index contributed by atoms with van der Waals surface area (Å²) in [6, 6.07) is 4.89. The van der Waals surface area contributed by atoms with Crippen molar-refractivity contribution in [3.05, 3.63) is 63.5 Å². The molecule has 2 aliphatic rings. The molecule has 0 spiro atoms. The minimum atomic E-state index is -2.91. The minimum absolute atomic E-state index is 0.0749. The number of hydrogen-bond acceptors (Lipinski definition) is 7. The molecule has 2 atom stereocenters. The third-order valence-corrected chi connectivity index (χ3v) is 6.97. The normalized spacial score (nSPS) is 24.7. The van der Waals surface area contributed by atoms with Crippen LogP contribution in [0.5, 0.6) is 0 Å². The summed E-state index contributed by atoms with van der Waals surface area (Å²) in [5.41, 5.74) is -0.839. The molecule has 0 aliphatic carbocycles. The van der Waals surface area contributed by atoms with Crippen LogP contribution in [0.1, 0.15) is 36.8 Å². The maximum atomic E-state index is 14.3. The van der Waals surface area contributed by atoms with Crippen LogP contribution in [0.4, 0.5) is 13.2 Å². The van der Waals surface area contributed by atoms with E-state index in [0.29, 0.717) is 29.2 Å². The van der Waals surface area contributed by atoms with Gasteiger partial charge in [-0.3, -0.25) is 4.90 Å². The lowest BCUT2D eigenvalue weighted by atomic mass is 9.82. The fourth-order valence-corrected chi connectivity index (χ4v) is 5.23. The van der Waals surface area contributed by atoms with Gasteiger partial charge in [-0.15, -0.1) is 11.3 Å². The van der Waals surface area contributed by atoms with Crippen LogP contribution in [0, 0.1) is 5.82 Å². The predicted octanol–water partition coefficient (Wildman–Crippen LogP) is 3.37. The summed E-state index contributed by atoms with van der Waals surface area (Å²) in [7, 11) is 0. The second-order valence-corrected chi connectivity index (χ2v) is 9.54. The first kappa shape index (κ1) is 24.4. The molecule has 2 aromatic rings. The summed E-state index contributed by atoms with van der Waals surface area (Å²) < 4.78 is 42.2. The van der Waals surface area contributed by atoms with Crippen molar-refractivity contribution in [3.63, 3.8) is 0 Å². The number of nitrogens with one attached hydrogen (secondary N) is 1. The largest absolute Gasteiger partial charge is 0.478 e. The lowest BCUT2D eigenvalue weighted by molar-refractivity contribution is -0.133. The van der Waals surface area contributed by atoms with Crippen molar-refractivity contribution in [2.24, 2.45) is 4.99 Å². The molecule has 0 bridgehead atoms. The Kier molecular flexibility index (Phi) is 6.79. The number of aliphatic hydroxyl groups is 1. The maximum Gasteiger partial charge on any atom is 0.336 e. The molecule has 1 unspecified atom stereocenters. The van der Waals surface area contributed by atoms with E-state index in [4.69, 9.17) is 0 Å². The number of carboxylic acid groups (broad SMARTS) is 1. The molecule has 1 aromatic carbocycles. The van der Waals surface area contributed by atoms with Crippen molar-refractivity contribution in [2.75, 3.05) is 19.7 Å². The van der Waals surface area contributed by atoms with Crippen LogP contribution in [0.15, 0.2) is 52.1 Å². The van der Waals surface area contributed by atoms with Gasteiger partial charge in [0.25, 0.3) is 5.92 Å². The molecule has 0 radical (unpaired) electrons. The van der Waals surface area contributed by atoms with Crippen LogP contribution in [0.3, 0.4) is 0 Å². The molecular weight excluding hydrogens is 469 g/mol. The number of aliphatic hydroxyl groups excluding tert-OH is 1. The second kappa shape index (κ2) is 9.47. The smallest absolute Gasteiger partial charge is 0.336 e. The molecule has 2 aliphatic heterocycles. The molecule has 0 amide bonds. The van der Waals surface area contributed by atoms with Crippen LogP contribution >= 0.6 is 11.3 Å². The van der Waals surface area contributed by atoms with E-state index in [1.807, 2.05) is 0 Å². The van der Waals surface area contributed by atoms with E-state index in [1.165, 1.54) is 35.6 Å². The van der Waals surface area contributed by atoms with Crippen LogP contribution in [0.2, 0.25) is 0 Å². The topological polar surface area (TPSA) is 98.0 Å². The Morgan fingerprint density at radius 1 is 1.32 bits per heavy atom. The van der Waals surface area contributed by atoms with Crippen molar-refractivity contribution in [1.82, 2.24) is 15.2 Å². The summed E-state index contributed by atoms with van der Waals surface area (Å²) in [6.45, 7) is 0.910. The van der Waals surface area contributed by atoms with Crippen molar-refractivity contribution in [1.29, 1.82) is 0 Å². The SMILES string of the molecule is C[C@@]1(c2ccc(F)cc2)N=C(c2nccs2)NC(CN2CC(F)(F)CC2CCCO)=C1C(=O)O. The Morgan fingerprint density at radius 2 is 2.06 bits per heavy atom. The van der Waals surface area contributed by atoms with E-state index < -0.39 is 35.8 Å². The third kappa shape index (κ3) is 4.86. The van der Waals surface area contributed by atoms with Gasteiger partial charge in [0.2, 0.25) is 0 Å². The Balaban J connectivity index is 1.79. The molecule has 182 valence electrons. The van der Waals surface area contributed by atoms with Crippen LogP contribution in [-0.4, -0.2) is 63.6 Å². The molecule has 4 rings (SSSR count). The first-order valence-electron chi connectivity index (χ1n) is 10.9. The number of aromatic nitrogens is 1. The number of amidine groups is 1. The summed E-state index contributed by atoms with van der Waals surface area (Å²) in [4.78, 5) is 23.0. The van der Waals surface area contributed by atoms with E-state index in [0.717, 1.165) is 0 Å². The fourth-order valence-electron chi connectivity index (χ4n) is 4.65. The number of nitrogens with zero attached hydrogens (tertiary/aromatic N) is 3. The van der Waals surface area contributed by atoms with Gasteiger partial charge >= 0.3 is 5.97 Å². The second-order valence-electron chi connectivity index (χ2n) is 8.65. The van der Waals surface area contributed by atoms with E-state index >= 15 is 0 Å². The number of carbonyl (C=O) groups is 1. The molecular formula is C23H25F3N4O3S. The lowest BCUT2D eigenvalue weighted by Gasteiger charge is -2.36. The standard InChI is InChI=1S/C23H25F3N4O3S/c1-22(14-4-6-15(24)7-5-14)18(21(32)33)17(28-19(29-22)20-27-8-10-34-20)12-30-13-23(25,26)11-16(30)3-2-9-31/h4-8,10,16,31H,2-3,9,11-13H2,1H3,(H,28,29)(H,32,33)/t16?,22-/m0/s1. The monoisotopic (exact) mass is 494 g/mol. The molecule has 1 aromatic heterocycles. The zero-order valence-electron chi connectivity index (χ0n) is 18.5. The van der Waals surface area contributed by atoms with E-state index in [-0.39, 0.29) is 30.8 Å². The van der Waals surface area contributed by atoms with E-state index in [1.54, 1.807) is 23.4 Å². The highest BCUT2D eigenvalue weighted by molar-refractivity contribution is 7.11. The van der Waals surface area contributed by atoms with Crippen molar-refractivity contribution >= 4 is 23.1 Å². The Hall–Kier alpha value is -2.76.